The predicted octanol–water partition coefficient (Wildman–Crippen LogP) is 2.82. The van der Waals surface area contributed by atoms with Crippen molar-refractivity contribution >= 4 is 23.6 Å². The fourth-order valence-corrected chi connectivity index (χ4v) is 4.32. The summed E-state index contributed by atoms with van der Waals surface area (Å²) in [7, 11) is 0. The highest BCUT2D eigenvalue weighted by Crippen LogP contribution is 2.30. The van der Waals surface area contributed by atoms with Crippen LogP contribution in [0.5, 0.6) is 5.75 Å². The number of para-hydroxylation sites is 1. The van der Waals surface area contributed by atoms with Crippen LogP contribution in [-0.4, -0.2) is 63.2 Å². The van der Waals surface area contributed by atoms with Crippen molar-refractivity contribution in [3.63, 3.8) is 0 Å². The Labute approximate surface area is 192 Å². The molecule has 1 saturated heterocycles. The van der Waals surface area contributed by atoms with Gasteiger partial charge in [-0.15, -0.1) is 0 Å². The van der Waals surface area contributed by atoms with Crippen molar-refractivity contribution in [3.8, 4) is 5.75 Å². The molecule has 2 N–H and O–H groups in total. The molecule has 0 bridgehead atoms. The van der Waals surface area contributed by atoms with Gasteiger partial charge in [0.15, 0.2) is 0 Å². The maximum Gasteiger partial charge on any atom is 0.262 e. The van der Waals surface area contributed by atoms with Crippen LogP contribution >= 0.6 is 0 Å². The Morgan fingerprint density at radius 2 is 1.61 bits per heavy atom. The van der Waals surface area contributed by atoms with Crippen LogP contribution in [0.4, 0.5) is 0 Å². The molecule has 0 aliphatic carbocycles. The molecule has 8 heteroatoms. The lowest BCUT2D eigenvalue weighted by Crippen LogP contribution is -2.46. The van der Waals surface area contributed by atoms with Crippen LogP contribution < -0.4 is 5.32 Å². The lowest BCUT2D eigenvalue weighted by atomic mass is 10.0. The van der Waals surface area contributed by atoms with Crippen molar-refractivity contribution in [1.82, 2.24) is 15.1 Å². The number of imide groups is 1. The van der Waals surface area contributed by atoms with Gasteiger partial charge in [-0.25, -0.2) is 0 Å². The normalized spacial score (nSPS) is 16.7. The molecular weight excluding hydrogens is 422 g/mol. The van der Waals surface area contributed by atoms with Gasteiger partial charge in [-0.3, -0.25) is 24.1 Å². The average Bonchev–Trinajstić information content (AvgIpc) is 3.03. The number of phenols is 1. The van der Waals surface area contributed by atoms with Crippen LogP contribution in [0.15, 0.2) is 42.5 Å². The van der Waals surface area contributed by atoms with Gasteiger partial charge in [0, 0.05) is 30.2 Å². The van der Waals surface area contributed by atoms with Crippen molar-refractivity contribution in [2.45, 2.75) is 45.2 Å². The number of nitrogens with zero attached hydrogens (tertiary/aromatic N) is 2. The minimum atomic E-state index is -0.653. The van der Waals surface area contributed by atoms with E-state index in [1.165, 1.54) is 17.0 Å². The van der Waals surface area contributed by atoms with E-state index in [4.69, 9.17) is 0 Å². The highest BCUT2D eigenvalue weighted by atomic mass is 16.3. The molecule has 2 aromatic carbocycles. The maximum atomic E-state index is 13.1. The number of amides is 4. The predicted molar refractivity (Wildman–Crippen MR) is 121 cm³/mol. The molecule has 0 saturated carbocycles. The molecule has 2 aromatic rings. The third kappa shape index (κ3) is 4.20. The van der Waals surface area contributed by atoms with Crippen LogP contribution in [0.25, 0.3) is 0 Å². The molecule has 0 aromatic heterocycles. The zero-order valence-corrected chi connectivity index (χ0v) is 18.9. The number of carbonyl (C=O) groups excluding carboxylic acids is 4. The van der Waals surface area contributed by atoms with Crippen molar-refractivity contribution in [1.29, 1.82) is 0 Å². The van der Waals surface area contributed by atoms with Gasteiger partial charge in [0.25, 0.3) is 23.6 Å². The van der Waals surface area contributed by atoms with Gasteiger partial charge in [0.2, 0.25) is 0 Å². The average molecular weight is 450 g/mol. The molecule has 0 radical (unpaired) electrons. The van der Waals surface area contributed by atoms with Crippen LogP contribution in [-0.2, 0) is 0 Å². The van der Waals surface area contributed by atoms with Gasteiger partial charge in [-0.05, 0) is 63.9 Å². The van der Waals surface area contributed by atoms with Crippen molar-refractivity contribution < 1.29 is 24.3 Å². The number of fused-ring (bicyclic) bond motifs is 1. The SMILES string of the molecule is CC(C)(C)N1C(=O)c2ccc(C(=O)N3CCC(NC(=O)c4ccccc4O)CC3)cc2C1=O. The minimum absolute atomic E-state index is 0.0720. The largest absolute Gasteiger partial charge is 0.507 e. The minimum Gasteiger partial charge on any atom is -0.507 e. The summed E-state index contributed by atoms with van der Waals surface area (Å²) in [6, 6.07) is 10.9. The van der Waals surface area contributed by atoms with Crippen molar-refractivity contribution in [2.75, 3.05) is 13.1 Å². The van der Waals surface area contributed by atoms with Crippen molar-refractivity contribution in [2.24, 2.45) is 0 Å². The number of rotatable bonds is 3. The number of hydrogen-bond acceptors (Lipinski definition) is 5. The Bertz CT molecular complexity index is 1140. The number of benzene rings is 2. The zero-order chi connectivity index (χ0) is 23.9. The lowest BCUT2D eigenvalue weighted by molar-refractivity contribution is 0.0507. The topological polar surface area (TPSA) is 107 Å². The van der Waals surface area contributed by atoms with Gasteiger partial charge in [-0.1, -0.05) is 12.1 Å². The Kier molecular flexibility index (Phi) is 5.69. The second-order valence-electron chi connectivity index (χ2n) is 9.43. The van der Waals surface area contributed by atoms with Gasteiger partial charge in [-0.2, -0.15) is 0 Å². The fraction of sp³-hybridized carbons (Fsp3) is 0.360. The number of likely N-dealkylation sites (tertiary alicyclic amines) is 1. The lowest BCUT2D eigenvalue weighted by Gasteiger charge is -2.32. The smallest absolute Gasteiger partial charge is 0.262 e. The quantitative estimate of drug-likeness (QED) is 0.701. The summed E-state index contributed by atoms with van der Waals surface area (Å²) in [4.78, 5) is 53.8. The molecule has 1 fully saturated rings. The van der Waals surface area contributed by atoms with E-state index in [2.05, 4.69) is 5.32 Å². The molecule has 2 heterocycles. The van der Waals surface area contributed by atoms with E-state index in [0.717, 1.165) is 0 Å². The molecule has 0 atom stereocenters. The Hall–Kier alpha value is -3.68. The second-order valence-corrected chi connectivity index (χ2v) is 9.43. The molecule has 8 nitrogen and oxygen atoms in total. The van der Waals surface area contributed by atoms with Gasteiger partial charge >= 0.3 is 0 Å². The van der Waals surface area contributed by atoms with Crippen LogP contribution in [0.1, 0.15) is 75.0 Å². The summed E-state index contributed by atoms with van der Waals surface area (Å²) in [5.41, 5.74) is 0.503. The molecule has 33 heavy (non-hydrogen) atoms. The van der Waals surface area contributed by atoms with Gasteiger partial charge in [0.05, 0.1) is 16.7 Å². The highest BCUT2D eigenvalue weighted by Gasteiger charge is 2.42. The van der Waals surface area contributed by atoms with Crippen LogP contribution in [0.2, 0.25) is 0 Å². The third-order valence-corrected chi connectivity index (χ3v) is 6.07. The van der Waals surface area contributed by atoms with Crippen LogP contribution in [0.3, 0.4) is 0 Å². The Morgan fingerprint density at radius 3 is 2.24 bits per heavy atom. The molecule has 4 amide bonds. The Balaban J connectivity index is 1.41. The fourth-order valence-electron chi connectivity index (χ4n) is 4.32. The van der Waals surface area contributed by atoms with E-state index in [1.54, 1.807) is 56.0 Å². The van der Waals surface area contributed by atoms with E-state index < -0.39 is 5.54 Å². The summed E-state index contributed by atoms with van der Waals surface area (Å²) < 4.78 is 0. The van der Waals surface area contributed by atoms with E-state index in [-0.39, 0.29) is 46.5 Å². The molecule has 0 unspecified atom stereocenters. The first-order valence-corrected chi connectivity index (χ1v) is 11.0. The summed E-state index contributed by atoms with van der Waals surface area (Å²) in [6.07, 6.45) is 1.15. The monoisotopic (exact) mass is 449 g/mol. The first-order valence-electron chi connectivity index (χ1n) is 11.0. The molecule has 4 rings (SSSR count). The van der Waals surface area contributed by atoms with E-state index in [1.807, 2.05) is 0 Å². The molecule has 172 valence electrons. The maximum absolute atomic E-state index is 13.1. The number of aromatic hydroxyl groups is 1. The number of hydrogen-bond donors (Lipinski definition) is 2. The molecule has 2 aliphatic heterocycles. The van der Waals surface area contributed by atoms with Gasteiger partial charge in [0.1, 0.15) is 5.75 Å². The summed E-state index contributed by atoms with van der Waals surface area (Å²) in [5.74, 6) is -1.36. The van der Waals surface area contributed by atoms with Gasteiger partial charge < -0.3 is 15.3 Å². The number of piperidine rings is 1. The van der Waals surface area contributed by atoms with E-state index in [0.29, 0.717) is 37.1 Å². The third-order valence-electron chi connectivity index (χ3n) is 6.07. The van der Waals surface area contributed by atoms with Crippen LogP contribution in [0, 0.1) is 0 Å². The summed E-state index contributed by atoms with van der Waals surface area (Å²) >= 11 is 0. The van der Waals surface area contributed by atoms with E-state index in [9.17, 15) is 24.3 Å². The highest BCUT2D eigenvalue weighted by molar-refractivity contribution is 6.22. The first-order chi connectivity index (χ1) is 15.6. The molecule has 2 aliphatic rings. The van der Waals surface area contributed by atoms with E-state index >= 15 is 0 Å². The second kappa shape index (κ2) is 8.35. The zero-order valence-electron chi connectivity index (χ0n) is 18.9. The molecule has 0 spiro atoms. The number of carbonyl (C=O) groups is 4. The molecular formula is C25H27N3O5. The number of phenolic OH excluding ortho intramolecular Hbond substituents is 1. The Morgan fingerprint density at radius 1 is 0.970 bits per heavy atom. The van der Waals surface area contributed by atoms with Crippen molar-refractivity contribution in [3.05, 3.63) is 64.7 Å². The first kappa shape index (κ1) is 22.5. The summed E-state index contributed by atoms with van der Waals surface area (Å²) in [6.45, 7) is 6.28. The summed E-state index contributed by atoms with van der Waals surface area (Å²) in [5, 5.41) is 12.8. The number of nitrogens with one attached hydrogen (secondary N) is 1. The standard InChI is InChI=1S/C25H27N3O5/c1-25(2,3)28-23(32)17-9-8-15(14-19(17)24(28)33)22(31)27-12-10-16(11-13-27)26-21(30)18-6-4-5-7-20(18)29/h4-9,14,16,29H,10-13H2,1-3H3,(H,26,30).